The third kappa shape index (κ3) is 4.97. The average Bonchev–Trinajstić information content (AvgIpc) is 3.18. The number of aliphatic hydroxyl groups is 1. The zero-order chi connectivity index (χ0) is 24.4. The summed E-state index contributed by atoms with van der Waals surface area (Å²) in [6.07, 6.45) is 3.47. The quantitative estimate of drug-likeness (QED) is 0.389. The number of carbonyl (C=O) groups excluding carboxylic acids is 1. The van der Waals surface area contributed by atoms with Crippen LogP contribution >= 0.6 is 11.6 Å². The Morgan fingerprint density at radius 3 is 2.26 bits per heavy atom. The average molecular weight is 477 g/mol. The summed E-state index contributed by atoms with van der Waals surface area (Å²) in [6.45, 7) is 9.06. The minimum atomic E-state index is 0.0565. The maximum atomic E-state index is 13.3. The Balaban J connectivity index is 1.52. The first kappa shape index (κ1) is 24.3. The highest BCUT2D eigenvalue weighted by Gasteiger charge is 2.31. The van der Waals surface area contributed by atoms with Crippen LogP contribution < -0.4 is 0 Å². The van der Waals surface area contributed by atoms with Gasteiger partial charge in [-0.2, -0.15) is 5.10 Å². The van der Waals surface area contributed by atoms with Crippen LogP contribution in [0, 0.1) is 19.8 Å². The van der Waals surface area contributed by atoms with E-state index < -0.39 is 0 Å². The number of benzene rings is 2. The van der Waals surface area contributed by atoms with Gasteiger partial charge < -0.3 is 5.11 Å². The number of aromatic nitrogens is 2. The summed E-state index contributed by atoms with van der Waals surface area (Å²) >= 11 is 6.01. The summed E-state index contributed by atoms with van der Waals surface area (Å²) in [7, 11) is 0. The molecule has 1 aliphatic carbocycles. The molecule has 0 radical (unpaired) electrons. The molecule has 0 saturated carbocycles. The van der Waals surface area contributed by atoms with Crippen LogP contribution in [-0.4, -0.2) is 20.7 Å². The minimum absolute atomic E-state index is 0.0565. The Morgan fingerprint density at radius 1 is 1.03 bits per heavy atom. The van der Waals surface area contributed by atoms with Crippen molar-refractivity contribution in [1.82, 2.24) is 9.78 Å². The standard InChI is InChI=1S/C29H33ClN2O2/c1-5-21-13-18(3)14-22(6-2)28(21)29-26(33)16-20(17-27(29)34)11-12-32-19(4)15-25(31-32)23-7-9-24(30)10-8-23/h7-10,13-15,20,33H,5-6,11-12,16-17H2,1-4H3. The summed E-state index contributed by atoms with van der Waals surface area (Å²) in [4.78, 5) is 13.3. The molecule has 1 atom stereocenters. The van der Waals surface area contributed by atoms with E-state index in [2.05, 4.69) is 39.0 Å². The lowest BCUT2D eigenvalue weighted by atomic mass is 9.79. The number of Topliss-reactive ketones (excluding diaryl/α,β-unsaturated/α-hetero) is 1. The molecule has 34 heavy (non-hydrogen) atoms. The lowest BCUT2D eigenvalue weighted by Crippen LogP contribution is -2.22. The number of hydrogen-bond donors (Lipinski definition) is 1. The zero-order valence-electron chi connectivity index (χ0n) is 20.5. The number of hydrogen-bond acceptors (Lipinski definition) is 3. The number of carbonyl (C=O) groups is 1. The maximum absolute atomic E-state index is 13.3. The molecule has 0 bridgehead atoms. The van der Waals surface area contributed by atoms with Gasteiger partial charge in [0.1, 0.15) is 5.76 Å². The first-order valence-corrected chi connectivity index (χ1v) is 12.6. The second-order valence-electron chi connectivity index (χ2n) is 9.37. The molecule has 1 aromatic heterocycles. The summed E-state index contributed by atoms with van der Waals surface area (Å²) in [5, 5.41) is 16.5. The van der Waals surface area contributed by atoms with Gasteiger partial charge in [-0.1, -0.05) is 55.3 Å². The normalized spacial score (nSPS) is 16.4. The Kier molecular flexibility index (Phi) is 7.27. The van der Waals surface area contributed by atoms with Gasteiger partial charge in [-0.05, 0) is 73.9 Å². The third-order valence-corrected chi connectivity index (χ3v) is 7.10. The molecule has 0 saturated heterocycles. The SMILES string of the molecule is CCc1cc(C)cc(CC)c1C1=C(O)CC(CCn2nc(-c3ccc(Cl)cc3)cc2C)CC1=O. The van der Waals surface area contributed by atoms with Crippen molar-refractivity contribution in [2.75, 3.05) is 0 Å². The van der Waals surface area contributed by atoms with Crippen LogP contribution in [0.4, 0.5) is 0 Å². The van der Waals surface area contributed by atoms with Crippen LogP contribution in [0.2, 0.25) is 5.02 Å². The highest BCUT2D eigenvalue weighted by Crippen LogP contribution is 2.37. The second-order valence-corrected chi connectivity index (χ2v) is 9.81. The Bertz CT molecular complexity index is 1210. The summed E-state index contributed by atoms with van der Waals surface area (Å²) < 4.78 is 2.00. The lowest BCUT2D eigenvalue weighted by molar-refractivity contribution is -0.115. The van der Waals surface area contributed by atoms with Crippen LogP contribution in [0.25, 0.3) is 16.8 Å². The van der Waals surface area contributed by atoms with Gasteiger partial charge in [-0.15, -0.1) is 0 Å². The van der Waals surface area contributed by atoms with Crippen molar-refractivity contribution in [2.24, 2.45) is 5.92 Å². The number of aryl methyl sites for hydroxylation is 5. The topological polar surface area (TPSA) is 55.1 Å². The van der Waals surface area contributed by atoms with Gasteiger partial charge >= 0.3 is 0 Å². The van der Waals surface area contributed by atoms with E-state index >= 15 is 0 Å². The molecule has 0 spiro atoms. The van der Waals surface area contributed by atoms with Crippen molar-refractivity contribution in [2.45, 2.75) is 66.3 Å². The van der Waals surface area contributed by atoms with Gasteiger partial charge in [0.2, 0.25) is 0 Å². The van der Waals surface area contributed by atoms with Gasteiger partial charge in [0, 0.05) is 35.7 Å². The van der Waals surface area contributed by atoms with E-state index in [0.29, 0.717) is 30.0 Å². The molecule has 178 valence electrons. The Hall–Kier alpha value is -2.85. The molecule has 5 heteroatoms. The van der Waals surface area contributed by atoms with E-state index in [1.807, 2.05) is 35.9 Å². The predicted octanol–water partition coefficient (Wildman–Crippen LogP) is 7.28. The molecule has 1 aliphatic rings. The predicted molar refractivity (Wildman–Crippen MR) is 139 cm³/mol. The van der Waals surface area contributed by atoms with Crippen molar-refractivity contribution < 1.29 is 9.90 Å². The van der Waals surface area contributed by atoms with E-state index in [9.17, 15) is 9.90 Å². The van der Waals surface area contributed by atoms with Gasteiger partial charge in [0.05, 0.1) is 11.3 Å². The number of aliphatic hydroxyl groups excluding tert-OH is 1. The van der Waals surface area contributed by atoms with Crippen molar-refractivity contribution >= 4 is 23.0 Å². The fourth-order valence-electron chi connectivity index (χ4n) is 5.08. The molecule has 1 N–H and O–H groups in total. The Morgan fingerprint density at radius 2 is 1.68 bits per heavy atom. The van der Waals surface area contributed by atoms with Crippen LogP contribution in [0.15, 0.2) is 48.2 Å². The molecule has 4 rings (SSSR count). The molecular formula is C29H33ClN2O2. The molecule has 0 amide bonds. The molecule has 1 unspecified atom stereocenters. The van der Waals surface area contributed by atoms with Crippen LogP contribution in [0.5, 0.6) is 0 Å². The van der Waals surface area contributed by atoms with Crippen molar-refractivity contribution in [3.05, 3.63) is 81.2 Å². The van der Waals surface area contributed by atoms with E-state index in [-0.39, 0.29) is 17.5 Å². The number of allylic oxidation sites excluding steroid dienone is 2. The van der Waals surface area contributed by atoms with Gasteiger partial charge in [-0.3, -0.25) is 9.48 Å². The van der Waals surface area contributed by atoms with E-state index in [4.69, 9.17) is 16.7 Å². The summed E-state index contributed by atoms with van der Waals surface area (Å²) in [5.41, 5.74) is 8.02. The van der Waals surface area contributed by atoms with E-state index in [1.54, 1.807) is 0 Å². The molecule has 0 aliphatic heterocycles. The van der Waals surface area contributed by atoms with Gasteiger partial charge in [0.15, 0.2) is 5.78 Å². The molecule has 3 aromatic rings. The van der Waals surface area contributed by atoms with Gasteiger partial charge in [-0.25, -0.2) is 0 Å². The lowest BCUT2D eigenvalue weighted by Gasteiger charge is -2.26. The largest absolute Gasteiger partial charge is 0.512 e. The van der Waals surface area contributed by atoms with Gasteiger partial charge in [0.25, 0.3) is 0 Å². The molecule has 2 aromatic carbocycles. The number of rotatable bonds is 7. The minimum Gasteiger partial charge on any atom is -0.512 e. The monoisotopic (exact) mass is 476 g/mol. The molecule has 4 nitrogen and oxygen atoms in total. The van der Waals surface area contributed by atoms with E-state index in [0.717, 1.165) is 52.9 Å². The number of halogens is 1. The zero-order valence-corrected chi connectivity index (χ0v) is 21.2. The van der Waals surface area contributed by atoms with Crippen LogP contribution in [0.1, 0.15) is 61.1 Å². The van der Waals surface area contributed by atoms with Crippen molar-refractivity contribution in [3.63, 3.8) is 0 Å². The molecular weight excluding hydrogens is 444 g/mol. The highest BCUT2D eigenvalue weighted by atomic mass is 35.5. The molecule has 0 fully saturated rings. The Labute approximate surface area is 207 Å². The smallest absolute Gasteiger partial charge is 0.167 e. The first-order chi connectivity index (χ1) is 16.3. The number of nitrogens with zero attached hydrogens (tertiary/aromatic N) is 2. The third-order valence-electron chi connectivity index (χ3n) is 6.85. The fraction of sp³-hybridized carbons (Fsp3) is 0.379. The van der Waals surface area contributed by atoms with Crippen LogP contribution in [0.3, 0.4) is 0 Å². The number of ketones is 1. The fourth-order valence-corrected chi connectivity index (χ4v) is 5.21. The maximum Gasteiger partial charge on any atom is 0.167 e. The highest BCUT2D eigenvalue weighted by molar-refractivity contribution is 6.30. The first-order valence-electron chi connectivity index (χ1n) is 12.2. The summed E-state index contributed by atoms with van der Waals surface area (Å²) in [6, 6.07) is 14.0. The van der Waals surface area contributed by atoms with Crippen molar-refractivity contribution in [1.29, 1.82) is 0 Å². The van der Waals surface area contributed by atoms with Crippen LogP contribution in [-0.2, 0) is 24.2 Å². The van der Waals surface area contributed by atoms with Crippen molar-refractivity contribution in [3.8, 4) is 11.3 Å². The molecule has 1 heterocycles. The summed E-state index contributed by atoms with van der Waals surface area (Å²) in [5.74, 6) is 0.411. The second kappa shape index (κ2) is 10.2. The van der Waals surface area contributed by atoms with E-state index in [1.165, 1.54) is 5.56 Å².